The summed E-state index contributed by atoms with van der Waals surface area (Å²) in [6.07, 6.45) is 0.509. The Hall–Kier alpha value is -1.06. The van der Waals surface area contributed by atoms with Gasteiger partial charge in [-0.25, -0.2) is 0 Å². The summed E-state index contributed by atoms with van der Waals surface area (Å²) in [6, 6.07) is 4.08. The third-order valence-corrected chi connectivity index (χ3v) is 1.28. The molecule has 0 fully saturated rings. The molecule has 0 aromatic rings. The molecule has 3 heteroatoms. The third kappa shape index (κ3) is 3.88. The first-order valence-corrected chi connectivity index (χ1v) is 3.31. The zero-order valence-corrected chi connectivity index (χ0v) is 6.17. The van der Waals surface area contributed by atoms with Crippen LogP contribution in [0.2, 0.25) is 0 Å². The van der Waals surface area contributed by atoms with Crippen LogP contribution in [-0.2, 0) is 0 Å². The van der Waals surface area contributed by atoms with Gasteiger partial charge in [-0.2, -0.15) is 10.5 Å². The van der Waals surface area contributed by atoms with Crippen LogP contribution in [0.5, 0.6) is 0 Å². The molecule has 0 rings (SSSR count). The van der Waals surface area contributed by atoms with Crippen molar-refractivity contribution in [3.63, 3.8) is 0 Å². The van der Waals surface area contributed by atoms with E-state index in [2.05, 4.69) is 0 Å². The van der Waals surface area contributed by atoms with Crippen LogP contribution in [0, 0.1) is 22.7 Å². The molecule has 10 heavy (non-hydrogen) atoms. The molecule has 0 heterocycles. The molecule has 0 spiro atoms. The SMILES string of the molecule is CCN(CC#N)CCC#N. The first-order chi connectivity index (χ1) is 4.85. The van der Waals surface area contributed by atoms with Crippen molar-refractivity contribution in [3.05, 3.63) is 0 Å². The van der Waals surface area contributed by atoms with E-state index < -0.39 is 0 Å². The fourth-order valence-electron chi connectivity index (χ4n) is 0.657. The Bertz CT molecular complexity index is 151. The summed E-state index contributed by atoms with van der Waals surface area (Å²) in [5.41, 5.74) is 0. The Morgan fingerprint density at radius 1 is 1.30 bits per heavy atom. The van der Waals surface area contributed by atoms with Crippen LogP contribution in [0.15, 0.2) is 0 Å². The van der Waals surface area contributed by atoms with E-state index in [1.807, 2.05) is 24.0 Å². The molecule has 0 radical (unpaired) electrons. The fourth-order valence-corrected chi connectivity index (χ4v) is 0.657. The van der Waals surface area contributed by atoms with Crippen LogP contribution >= 0.6 is 0 Å². The molecular formula is C7H11N3. The number of hydrogen-bond donors (Lipinski definition) is 0. The summed E-state index contributed by atoms with van der Waals surface area (Å²) >= 11 is 0. The molecule has 0 aliphatic heterocycles. The summed E-state index contributed by atoms with van der Waals surface area (Å²) in [7, 11) is 0. The minimum absolute atomic E-state index is 0.429. The zero-order chi connectivity index (χ0) is 7.82. The summed E-state index contributed by atoms with van der Waals surface area (Å²) in [6.45, 7) is 3.96. The monoisotopic (exact) mass is 137 g/mol. The lowest BCUT2D eigenvalue weighted by atomic mass is 10.4. The van der Waals surface area contributed by atoms with E-state index in [1.54, 1.807) is 0 Å². The van der Waals surface area contributed by atoms with Gasteiger partial charge < -0.3 is 0 Å². The van der Waals surface area contributed by atoms with Crippen LogP contribution in [0.4, 0.5) is 0 Å². The van der Waals surface area contributed by atoms with Gasteiger partial charge in [0.1, 0.15) is 0 Å². The van der Waals surface area contributed by atoms with Gasteiger partial charge >= 0.3 is 0 Å². The lowest BCUT2D eigenvalue weighted by molar-refractivity contribution is 0.330. The van der Waals surface area contributed by atoms with Gasteiger partial charge in [0.05, 0.1) is 18.7 Å². The van der Waals surface area contributed by atoms with Gasteiger partial charge in [0.2, 0.25) is 0 Å². The summed E-state index contributed by atoms with van der Waals surface area (Å²) in [4.78, 5) is 1.93. The molecule has 54 valence electrons. The maximum absolute atomic E-state index is 8.29. The van der Waals surface area contributed by atoms with Gasteiger partial charge in [0, 0.05) is 13.0 Å². The van der Waals surface area contributed by atoms with E-state index in [0.717, 1.165) is 6.54 Å². The van der Waals surface area contributed by atoms with E-state index in [9.17, 15) is 0 Å². The third-order valence-electron chi connectivity index (χ3n) is 1.28. The van der Waals surface area contributed by atoms with Gasteiger partial charge in [-0.05, 0) is 6.54 Å². The van der Waals surface area contributed by atoms with Crippen molar-refractivity contribution in [1.29, 1.82) is 10.5 Å². The Morgan fingerprint density at radius 2 is 2.00 bits per heavy atom. The number of nitrogens with zero attached hydrogens (tertiary/aromatic N) is 3. The zero-order valence-electron chi connectivity index (χ0n) is 6.17. The van der Waals surface area contributed by atoms with Gasteiger partial charge in [-0.3, -0.25) is 4.90 Å². The standard InChI is InChI=1S/C7H11N3/c1-2-10(7-5-9)6-3-4-8/h2-3,6-7H2,1H3. The molecule has 0 N–H and O–H groups in total. The highest BCUT2D eigenvalue weighted by molar-refractivity contribution is 4.78. The first kappa shape index (κ1) is 8.94. The largest absolute Gasteiger partial charge is 0.290 e. The molecule has 0 unspecified atom stereocenters. The van der Waals surface area contributed by atoms with Crippen molar-refractivity contribution < 1.29 is 0 Å². The lowest BCUT2D eigenvalue weighted by Crippen LogP contribution is -2.24. The van der Waals surface area contributed by atoms with Gasteiger partial charge in [-0.15, -0.1) is 0 Å². The predicted octanol–water partition coefficient (Wildman–Crippen LogP) is 0.746. The molecule has 0 saturated heterocycles. The molecule has 0 atom stereocenters. The summed E-state index contributed by atoms with van der Waals surface area (Å²) in [5.74, 6) is 0. The Kier molecular flexibility index (Phi) is 5.42. The Morgan fingerprint density at radius 3 is 2.40 bits per heavy atom. The normalized spacial score (nSPS) is 8.80. The highest BCUT2D eigenvalue weighted by Crippen LogP contribution is 1.87. The Balaban J connectivity index is 3.44. The van der Waals surface area contributed by atoms with E-state index in [-0.39, 0.29) is 0 Å². The second-order valence-electron chi connectivity index (χ2n) is 1.93. The van der Waals surface area contributed by atoms with Gasteiger partial charge in [-0.1, -0.05) is 6.92 Å². The summed E-state index contributed by atoms with van der Waals surface area (Å²) in [5, 5.41) is 16.5. The summed E-state index contributed by atoms with van der Waals surface area (Å²) < 4.78 is 0. The number of hydrogen-bond acceptors (Lipinski definition) is 3. The highest BCUT2D eigenvalue weighted by atomic mass is 15.1. The molecule has 0 amide bonds. The van der Waals surface area contributed by atoms with Crippen LogP contribution in [-0.4, -0.2) is 24.5 Å². The van der Waals surface area contributed by atoms with Crippen LogP contribution < -0.4 is 0 Å². The molecule has 0 aromatic heterocycles. The highest BCUT2D eigenvalue weighted by Gasteiger charge is 1.98. The molecule has 0 aliphatic carbocycles. The lowest BCUT2D eigenvalue weighted by Gasteiger charge is -2.13. The van der Waals surface area contributed by atoms with Gasteiger partial charge in [0.25, 0.3) is 0 Å². The smallest absolute Gasteiger partial charge is 0.0866 e. The van der Waals surface area contributed by atoms with E-state index in [0.29, 0.717) is 19.5 Å². The molecule has 0 aliphatic rings. The van der Waals surface area contributed by atoms with E-state index >= 15 is 0 Å². The Labute approximate surface area is 61.5 Å². The maximum atomic E-state index is 8.29. The average Bonchev–Trinajstić information content (AvgIpc) is 1.98. The predicted molar refractivity (Wildman–Crippen MR) is 38.0 cm³/mol. The minimum Gasteiger partial charge on any atom is -0.290 e. The molecular weight excluding hydrogens is 126 g/mol. The average molecular weight is 137 g/mol. The van der Waals surface area contributed by atoms with Crippen molar-refractivity contribution in [2.75, 3.05) is 19.6 Å². The molecule has 0 saturated carbocycles. The van der Waals surface area contributed by atoms with Crippen LogP contribution in [0.25, 0.3) is 0 Å². The second kappa shape index (κ2) is 6.07. The van der Waals surface area contributed by atoms with Crippen molar-refractivity contribution in [3.8, 4) is 12.1 Å². The molecule has 0 aromatic carbocycles. The van der Waals surface area contributed by atoms with Gasteiger partial charge in [0.15, 0.2) is 0 Å². The van der Waals surface area contributed by atoms with Crippen molar-refractivity contribution in [2.45, 2.75) is 13.3 Å². The maximum Gasteiger partial charge on any atom is 0.0866 e. The van der Waals surface area contributed by atoms with Crippen molar-refractivity contribution >= 4 is 0 Å². The second-order valence-corrected chi connectivity index (χ2v) is 1.93. The van der Waals surface area contributed by atoms with Crippen LogP contribution in [0.3, 0.4) is 0 Å². The molecule has 3 nitrogen and oxygen atoms in total. The quantitative estimate of drug-likeness (QED) is 0.537. The topological polar surface area (TPSA) is 50.8 Å². The fraction of sp³-hybridized carbons (Fsp3) is 0.714. The van der Waals surface area contributed by atoms with E-state index in [1.165, 1.54) is 0 Å². The molecule has 0 bridgehead atoms. The number of nitriles is 2. The van der Waals surface area contributed by atoms with Crippen molar-refractivity contribution in [1.82, 2.24) is 4.90 Å². The first-order valence-electron chi connectivity index (χ1n) is 3.31. The van der Waals surface area contributed by atoms with Crippen molar-refractivity contribution in [2.24, 2.45) is 0 Å². The van der Waals surface area contributed by atoms with Crippen LogP contribution in [0.1, 0.15) is 13.3 Å². The number of rotatable bonds is 4. The minimum atomic E-state index is 0.429. The van der Waals surface area contributed by atoms with E-state index in [4.69, 9.17) is 10.5 Å².